The second-order valence-corrected chi connectivity index (χ2v) is 7.64. The number of nitrogens with zero attached hydrogens (tertiary/aromatic N) is 2. The lowest BCUT2D eigenvalue weighted by molar-refractivity contribution is -0.154. The van der Waals surface area contributed by atoms with Crippen LogP contribution in [0.2, 0.25) is 5.02 Å². The highest BCUT2D eigenvalue weighted by molar-refractivity contribution is 6.30. The number of hydrogen-bond acceptors (Lipinski definition) is 4. The van der Waals surface area contributed by atoms with Gasteiger partial charge in [-0.3, -0.25) is 9.69 Å². The third-order valence-electron chi connectivity index (χ3n) is 3.98. The van der Waals surface area contributed by atoms with Crippen LogP contribution < -0.4 is 0 Å². The average molecular weight is 371 g/mol. The van der Waals surface area contributed by atoms with E-state index in [1.165, 1.54) is 4.90 Å². The largest absolute Gasteiger partial charge is 0.444 e. The second kappa shape index (κ2) is 6.46. The molecule has 25 heavy (non-hydrogen) atoms. The molecule has 3 atom stereocenters. The Labute approximate surface area is 150 Å². The van der Waals surface area contributed by atoms with Crippen molar-refractivity contribution in [2.45, 2.75) is 51.2 Å². The summed E-state index contributed by atoms with van der Waals surface area (Å²) in [6.07, 6.45) is -1.35. The highest BCUT2D eigenvalue weighted by Gasteiger charge is 2.60. The Morgan fingerprint density at radius 2 is 2.16 bits per heavy atom. The highest BCUT2D eigenvalue weighted by Crippen LogP contribution is 2.38. The third-order valence-corrected chi connectivity index (χ3v) is 4.21. The summed E-state index contributed by atoms with van der Waals surface area (Å²) < 4.78 is 25.1. The molecule has 1 aromatic rings. The number of ether oxygens (including phenoxy) is 2. The molecule has 3 rings (SSSR count). The van der Waals surface area contributed by atoms with Crippen molar-refractivity contribution in [1.29, 1.82) is 0 Å². The number of fused-ring (bicyclic) bond motifs is 1. The number of amides is 2. The van der Waals surface area contributed by atoms with E-state index in [4.69, 9.17) is 21.1 Å². The van der Waals surface area contributed by atoms with E-state index in [9.17, 15) is 14.1 Å². The van der Waals surface area contributed by atoms with Gasteiger partial charge >= 0.3 is 6.09 Å². The van der Waals surface area contributed by atoms with Crippen molar-refractivity contribution in [2.24, 2.45) is 0 Å². The van der Waals surface area contributed by atoms with Crippen LogP contribution in [-0.2, 0) is 20.8 Å². The molecule has 0 radical (unpaired) electrons. The third kappa shape index (κ3) is 4.04. The Bertz CT molecular complexity index is 693. The molecule has 8 heteroatoms. The minimum Gasteiger partial charge on any atom is -0.444 e. The average Bonchev–Trinajstić information content (AvgIpc) is 3.15. The van der Waals surface area contributed by atoms with Gasteiger partial charge in [-0.25, -0.2) is 4.79 Å². The van der Waals surface area contributed by atoms with E-state index >= 15 is 0 Å². The number of morpholine rings is 1. The summed E-state index contributed by atoms with van der Waals surface area (Å²) in [7, 11) is 0. The molecule has 2 heterocycles. The summed E-state index contributed by atoms with van der Waals surface area (Å²) in [5.74, 6) is -0.823. The van der Waals surface area contributed by atoms with Crippen LogP contribution in [0.4, 0.5) is 9.28 Å². The molecule has 0 spiro atoms. The van der Waals surface area contributed by atoms with Gasteiger partial charge in [-0.15, -0.1) is 0 Å². The number of carbonyl (C=O) groups is 2. The maximum atomic E-state index is 14.4. The molecule has 136 valence electrons. The van der Waals surface area contributed by atoms with Crippen LogP contribution in [0.25, 0.3) is 0 Å². The fourth-order valence-corrected chi connectivity index (χ4v) is 3.08. The monoisotopic (exact) mass is 370 g/mol. The van der Waals surface area contributed by atoms with Crippen molar-refractivity contribution in [3.8, 4) is 0 Å². The van der Waals surface area contributed by atoms with Crippen LogP contribution in [0.1, 0.15) is 26.3 Å². The fourth-order valence-electron chi connectivity index (χ4n) is 2.87. The van der Waals surface area contributed by atoms with Crippen molar-refractivity contribution in [1.82, 2.24) is 10.0 Å². The summed E-state index contributed by atoms with van der Waals surface area (Å²) in [5, 5.41) is 0.554. The molecule has 0 aromatic heterocycles. The molecule has 2 amide bonds. The zero-order valence-electron chi connectivity index (χ0n) is 14.2. The highest BCUT2D eigenvalue weighted by atomic mass is 35.5. The molecule has 2 fully saturated rings. The Morgan fingerprint density at radius 3 is 2.80 bits per heavy atom. The minimum absolute atomic E-state index is 0.0950. The lowest BCUT2D eigenvalue weighted by atomic mass is 10.1. The van der Waals surface area contributed by atoms with Crippen molar-refractivity contribution in [3.63, 3.8) is 0 Å². The Hall–Kier alpha value is -1.86. The van der Waals surface area contributed by atoms with Gasteiger partial charge in [0.25, 0.3) is 5.91 Å². The number of epoxide rings is 1. The van der Waals surface area contributed by atoms with Gasteiger partial charge < -0.3 is 9.47 Å². The Kier molecular flexibility index (Phi) is 4.64. The number of likely N-dealkylation sites (tertiary alicyclic amines) is 1. The van der Waals surface area contributed by atoms with Gasteiger partial charge in [-0.1, -0.05) is 28.2 Å². The first-order chi connectivity index (χ1) is 11.7. The molecule has 2 aliphatic rings. The minimum atomic E-state index is -1.01. The van der Waals surface area contributed by atoms with Crippen LogP contribution >= 0.6 is 11.6 Å². The molecule has 6 nitrogen and oxygen atoms in total. The Morgan fingerprint density at radius 1 is 1.44 bits per heavy atom. The van der Waals surface area contributed by atoms with Crippen molar-refractivity contribution in [3.05, 3.63) is 34.9 Å². The first kappa shape index (κ1) is 17.9. The van der Waals surface area contributed by atoms with Crippen LogP contribution in [0.15, 0.2) is 24.3 Å². The van der Waals surface area contributed by atoms with Gasteiger partial charge in [-0.05, 0) is 38.5 Å². The van der Waals surface area contributed by atoms with Gasteiger partial charge in [0.1, 0.15) is 23.9 Å². The maximum Gasteiger partial charge on any atom is 0.411 e. The molecule has 0 aliphatic carbocycles. The predicted molar refractivity (Wildman–Crippen MR) is 88.5 cm³/mol. The lowest BCUT2D eigenvalue weighted by Gasteiger charge is -2.30. The van der Waals surface area contributed by atoms with Crippen LogP contribution in [0.5, 0.6) is 0 Å². The summed E-state index contributed by atoms with van der Waals surface area (Å²) in [4.78, 5) is 26.1. The number of carbonyl (C=O) groups excluding carboxylic acids is 2. The van der Waals surface area contributed by atoms with E-state index in [1.54, 1.807) is 45.0 Å². The molecule has 0 unspecified atom stereocenters. The summed E-state index contributed by atoms with van der Waals surface area (Å²) in [6.45, 7) is 5.16. The molecule has 2 aliphatic heterocycles. The topological polar surface area (TPSA) is 62.4 Å². The predicted octanol–water partition coefficient (Wildman–Crippen LogP) is 2.94. The number of benzene rings is 1. The summed E-state index contributed by atoms with van der Waals surface area (Å²) >= 11 is 5.88. The fraction of sp³-hybridized carbons (Fsp3) is 0.529. The normalized spacial score (nSPS) is 24.7. The SMILES string of the molecule is CC(C)(C)OC(=O)N1C[C@@H]2O[C@@H]2[C@H]1C(=O)N(F)Cc1cccc(Cl)c1. The smallest absolute Gasteiger partial charge is 0.411 e. The van der Waals surface area contributed by atoms with E-state index < -0.39 is 29.7 Å². The van der Waals surface area contributed by atoms with E-state index in [-0.39, 0.29) is 24.3 Å². The molecule has 1 aromatic carbocycles. The standard InChI is InChI=1S/C17H20ClFN2O4/c1-17(2,3)25-16(23)20-9-12-14(24-12)13(20)15(22)21(19)8-10-5-4-6-11(18)7-10/h4-7,12-14H,8-9H2,1-3H3/t12-,13-,14-/m0/s1. The van der Waals surface area contributed by atoms with Gasteiger partial charge in [0.2, 0.25) is 0 Å². The van der Waals surface area contributed by atoms with Crippen molar-refractivity contribution < 1.29 is 23.5 Å². The lowest BCUT2D eigenvalue weighted by Crippen LogP contribution is -2.50. The first-order valence-corrected chi connectivity index (χ1v) is 8.40. The van der Waals surface area contributed by atoms with Gasteiger partial charge in [0.15, 0.2) is 0 Å². The number of halogens is 2. The van der Waals surface area contributed by atoms with E-state index in [0.29, 0.717) is 10.6 Å². The van der Waals surface area contributed by atoms with Crippen LogP contribution in [-0.4, -0.2) is 52.4 Å². The Balaban J connectivity index is 1.69. The van der Waals surface area contributed by atoms with Gasteiger partial charge in [0.05, 0.1) is 13.1 Å². The van der Waals surface area contributed by atoms with Crippen LogP contribution in [0, 0.1) is 0 Å². The second-order valence-electron chi connectivity index (χ2n) is 7.21. The van der Waals surface area contributed by atoms with Gasteiger partial charge in [0, 0.05) is 5.02 Å². The molecule has 0 bridgehead atoms. The zero-order valence-corrected chi connectivity index (χ0v) is 15.0. The molecule has 0 saturated carbocycles. The molecular formula is C17H20ClFN2O4. The van der Waals surface area contributed by atoms with E-state index in [0.717, 1.165) is 0 Å². The quantitative estimate of drug-likeness (QED) is 0.606. The number of hydrogen-bond donors (Lipinski definition) is 0. The van der Waals surface area contributed by atoms with Crippen molar-refractivity contribution in [2.75, 3.05) is 6.54 Å². The molecule has 0 N–H and O–H groups in total. The van der Waals surface area contributed by atoms with Gasteiger partial charge in [-0.2, -0.15) is 5.12 Å². The zero-order chi connectivity index (χ0) is 18.4. The first-order valence-electron chi connectivity index (χ1n) is 8.02. The summed E-state index contributed by atoms with van der Waals surface area (Å²) in [5.41, 5.74) is -0.146. The summed E-state index contributed by atoms with van der Waals surface area (Å²) in [6, 6.07) is 5.59. The number of rotatable bonds is 3. The van der Waals surface area contributed by atoms with Crippen LogP contribution in [0.3, 0.4) is 0 Å². The van der Waals surface area contributed by atoms with E-state index in [2.05, 4.69) is 0 Å². The van der Waals surface area contributed by atoms with Crippen molar-refractivity contribution >= 4 is 23.6 Å². The molecular weight excluding hydrogens is 351 g/mol. The maximum absolute atomic E-state index is 14.4. The molecule has 2 saturated heterocycles. The van der Waals surface area contributed by atoms with E-state index in [1.807, 2.05) is 0 Å².